The Kier molecular flexibility index (Phi) is 7.00. The van der Waals surface area contributed by atoms with Crippen molar-refractivity contribution in [3.8, 4) is 0 Å². The van der Waals surface area contributed by atoms with Crippen LogP contribution in [0.2, 0.25) is 5.02 Å². The maximum atomic E-state index is 14.3. The summed E-state index contributed by atoms with van der Waals surface area (Å²) >= 11 is 6.44. The Morgan fingerprint density at radius 2 is 1.89 bits per heavy atom. The molecule has 0 aromatic heterocycles. The van der Waals surface area contributed by atoms with Gasteiger partial charge in [-0.2, -0.15) is 0 Å². The van der Waals surface area contributed by atoms with Crippen LogP contribution >= 0.6 is 11.6 Å². The van der Waals surface area contributed by atoms with Crippen molar-refractivity contribution in [1.82, 2.24) is 10.2 Å². The highest BCUT2D eigenvalue weighted by molar-refractivity contribution is 6.34. The zero-order valence-electron chi connectivity index (χ0n) is 21.9. The van der Waals surface area contributed by atoms with Gasteiger partial charge >= 0.3 is 0 Å². The maximum absolute atomic E-state index is 14.3. The molecule has 6 atom stereocenters. The first-order valence-corrected chi connectivity index (χ1v) is 13.6. The van der Waals surface area contributed by atoms with Crippen LogP contribution in [0.3, 0.4) is 0 Å². The molecule has 0 saturated carbocycles. The number of nitrogens with zero attached hydrogens (tertiary/aromatic N) is 1. The van der Waals surface area contributed by atoms with Crippen molar-refractivity contribution >= 4 is 35.0 Å². The molecule has 3 fully saturated rings. The highest BCUT2D eigenvalue weighted by atomic mass is 35.5. The third-order valence-electron chi connectivity index (χ3n) is 8.78. The number of hydrogen-bond donors (Lipinski definition) is 3. The molecule has 3 amide bonds. The van der Waals surface area contributed by atoms with Crippen LogP contribution in [0.4, 0.5) is 5.69 Å². The summed E-state index contributed by atoms with van der Waals surface area (Å²) in [6.45, 7) is 3.45. The van der Waals surface area contributed by atoms with Gasteiger partial charge in [-0.15, -0.1) is 0 Å². The second-order valence-corrected chi connectivity index (χ2v) is 11.0. The van der Waals surface area contributed by atoms with Crippen LogP contribution in [0.25, 0.3) is 0 Å². The van der Waals surface area contributed by atoms with E-state index in [0.717, 1.165) is 11.1 Å². The zero-order valence-corrected chi connectivity index (χ0v) is 22.6. The number of aryl methyl sites for hydroxylation is 1. The smallest absolute Gasteiger partial charge is 0.250 e. The summed E-state index contributed by atoms with van der Waals surface area (Å²) in [6.07, 6.45) is 1.92. The van der Waals surface area contributed by atoms with E-state index in [4.69, 9.17) is 16.3 Å². The number of nitrogens with one attached hydrogen (secondary N) is 2. The number of carbonyl (C=O) groups is 3. The molecule has 2 aromatic carbocycles. The Bertz CT molecular complexity index is 1240. The third-order valence-corrected chi connectivity index (χ3v) is 9.10. The van der Waals surface area contributed by atoms with Crippen molar-refractivity contribution in [3.05, 3.63) is 64.7 Å². The molecule has 0 aliphatic carbocycles. The van der Waals surface area contributed by atoms with Gasteiger partial charge in [0, 0.05) is 7.05 Å². The summed E-state index contributed by atoms with van der Waals surface area (Å²) in [5.74, 6) is -2.59. The maximum Gasteiger partial charge on any atom is 0.250 e. The number of halogens is 1. The molecule has 0 radical (unpaired) electrons. The minimum atomic E-state index is -1.19. The van der Waals surface area contributed by atoms with Crippen molar-refractivity contribution in [3.63, 3.8) is 0 Å². The highest BCUT2D eigenvalue weighted by Crippen LogP contribution is 2.64. The number of carbonyl (C=O) groups excluding carboxylic acids is 3. The second kappa shape index (κ2) is 9.98. The van der Waals surface area contributed by atoms with Crippen molar-refractivity contribution in [1.29, 1.82) is 0 Å². The number of aliphatic hydroxyl groups excluding tert-OH is 1. The van der Waals surface area contributed by atoms with Gasteiger partial charge in [0.1, 0.15) is 11.6 Å². The first-order valence-electron chi connectivity index (χ1n) is 13.2. The lowest BCUT2D eigenvalue weighted by molar-refractivity contribution is -0.149. The molecule has 2 aromatic rings. The number of rotatable bonds is 8. The number of benzene rings is 2. The Labute approximate surface area is 227 Å². The molecule has 2 unspecified atom stereocenters. The Balaban J connectivity index is 1.61. The fourth-order valence-corrected chi connectivity index (χ4v) is 7.29. The summed E-state index contributed by atoms with van der Waals surface area (Å²) < 4.78 is 6.73. The largest absolute Gasteiger partial charge is 0.394 e. The van der Waals surface area contributed by atoms with E-state index < -0.39 is 41.0 Å². The number of anilines is 1. The lowest BCUT2D eigenvalue weighted by Crippen LogP contribution is -2.57. The topological polar surface area (TPSA) is 108 Å². The van der Waals surface area contributed by atoms with E-state index in [9.17, 15) is 19.5 Å². The number of para-hydroxylation sites is 1. The molecule has 38 heavy (non-hydrogen) atoms. The van der Waals surface area contributed by atoms with E-state index in [-0.39, 0.29) is 18.4 Å². The molecule has 3 heterocycles. The van der Waals surface area contributed by atoms with E-state index in [1.807, 2.05) is 50.2 Å². The molecule has 202 valence electrons. The average molecular weight is 540 g/mol. The quantitative estimate of drug-likeness (QED) is 0.478. The van der Waals surface area contributed by atoms with Gasteiger partial charge in [0.2, 0.25) is 17.7 Å². The molecule has 2 bridgehead atoms. The SMILES string of the molecule is CC[C@@]12CCC3(O1)C(C(=O)Nc1c(C)cccc1Cl)N([C@@H](CO)Cc1ccccc1)C(=O)[C@@H]3[C@@H]2C(=O)NC. The van der Waals surface area contributed by atoms with Crippen LogP contribution in [0.15, 0.2) is 48.5 Å². The standard InChI is InChI=1S/C29H34ClN3O5/c1-4-28-13-14-29(38-28)22(21(28)25(35)31-3)27(37)33(19(16-34)15-18-10-6-5-7-11-18)24(29)26(36)32-23-17(2)9-8-12-20(23)30/h5-12,19,21-22,24,34H,4,13-16H2,1-3H3,(H,31,35)(H,32,36)/t19-,21-,22+,24?,28+,29?/m1/s1. The van der Waals surface area contributed by atoms with Crippen molar-refractivity contribution in [2.45, 2.75) is 62.8 Å². The van der Waals surface area contributed by atoms with E-state index in [1.54, 1.807) is 19.2 Å². The number of fused-ring (bicyclic) bond motifs is 1. The first-order chi connectivity index (χ1) is 18.2. The van der Waals surface area contributed by atoms with Gasteiger partial charge in [-0.1, -0.05) is 61.0 Å². The highest BCUT2D eigenvalue weighted by Gasteiger charge is 2.79. The van der Waals surface area contributed by atoms with Gasteiger partial charge < -0.3 is 25.4 Å². The fourth-order valence-electron chi connectivity index (χ4n) is 7.02. The minimum Gasteiger partial charge on any atom is -0.394 e. The Morgan fingerprint density at radius 1 is 1.16 bits per heavy atom. The fraction of sp³-hybridized carbons (Fsp3) is 0.483. The van der Waals surface area contributed by atoms with Crippen LogP contribution in [0, 0.1) is 18.8 Å². The molecule has 5 rings (SSSR count). The zero-order chi connectivity index (χ0) is 27.2. The molecule has 1 spiro atoms. The van der Waals surface area contributed by atoms with Crippen LogP contribution in [-0.4, -0.2) is 64.7 Å². The van der Waals surface area contributed by atoms with Gasteiger partial charge in [-0.05, 0) is 49.8 Å². The molecule has 8 nitrogen and oxygen atoms in total. The Hall–Kier alpha value is -2.94. The van der Waals surface area contributed by atoms with Crippen molar-refractivity contribution in [2.75, 3.05) is 19.0 Å². The molecular weight excluding hydrogens is 506 g/mol. The second-order valence-electron chi connectivity index (χ2n) is 10.6. The molecular formula is C29H34ClN3O5. The van der Waals surface area contributed by atoms with Gasteiger partial charge in [0.05, 0.1) is 40.8 Å². The molecule has 3 N–H and O–H groups in total. The monoisotopic (exact) mass is 539 g/mol. The van der Waals surface area contributed by atoms with Gasteiger partial charge in [0.25, 0.3) is 0 Å². The van der Waals surface area contributed by atoms with E-state index in [0.29, 0.717) is 36.4 Å². The van der Waals surface area contributed by atoms with Crippen molar-refractivity contribution < 1.29 is 24.2 Å². The van der Waals surface area contributed by atoms with Crippen molar-refractivity contribution in [2.24, 2.45) is 11.8 Å². The first kappa shape index (κ1) is 26.7. The summed E-state index contributed by atoms with van der Waals surface area (Å²) in [4.78, 5) is 43.2. The number of amides is 3. The normalized spacial score (nSPS) is 30.3. The summed E-state index contributed by atoms with van der Waals surface area (Å²) in [6, 6.07) is 13.1. The Morgan fingerprint density at radius 3 is 2.53 bits per heavy atom. The predicted octanol–water partition coefficient (Wildman–Crippen LogP) is 3.09. The van der Waals surface area contributed by atoms with E-state index in [2.05, 4.69) is 10.6 Å². The van der Waals surface area contributed by atoms with E-state index >= 15 is 0 Å². The van der Waals surface area contributed by atoms with Crippen LogP contribution in [0.1, 0.15) is 37.3 Å². The van der Waals surface area contributed by atoms with Gasteiger partial charge in [0.15, 0.2) is 0 Å². The van der Waals surface area contributed by atoms with Gasteiger partial charge in [-0.25, -0.2) is 0 Å². The molecule has 3 aliphatic heterocycles. The number of hydrogen-bond acceptors (Lipinski definition) is 5. The van der Waals surface area contributed by atoms with Crippen LogP contribution in [-0.2, 0) is 25.5 Å². The minimum absolute atomic E-state index is 0.265. The summed E-state index contributed by atoms with van der Waals surface area (Å²) in [5, 5.41) is 16.6. The van der Waals surface area contributed by atoms with E-state index in [1.165, 1.54) is 4.90 Å². The third kappa shape index (κ3) is 3.92. The summed E-state index contributed by atoms with van der Waals surface area (Å²) in [5.41, 5.74) is 0.167. The molecule has 3 aliphatic rings. The molecule has 3 saturated heterocycles. The van der Waals surface area contributed by atoms with Crippen LogP contribution < -0.4 is 10.6 Å². The van der Waals surface area contributed by atoms with Gasteiger partial charge in [-0.3, -0.25) is 14.4 Å². The summed E-state index contributed by atoms with van der Waals surface area (Å²) in [7, 11) is 1.55. The number of likely N-dealkylation sites (tertiary alicyclic amines) is 1. The number of aliphatic hydroxyl groups is 1. The lowest BCUT2D eigenvalue weighted by Gasteiger charge is -2.37. The van der Waals surface area contributed by atoms with Crippen LogP contribution in [0.5, 0.6) is 0 Å². The number of ether oxygens (including phenoxy) is 1. The predicted molar refractivity (Wildman–Crippen MR) is 144 cm³/mol. The molecule has 9 heteroatoms. The lowest BCUT2D eigenvalue weighted by atomic mass is 9.65. The average Bonchev–Trinajstić information content (AvgIpc) is 3.53.